The van der Waals surface area contributed by atoms with Gasteiger partial charge in [-0.3, -0.25) is 19.7 Å². The molecule has 0 bridgehead atoms. The number of nitrogens with one attached hydrogen (secondary N) is 2. The van der Waals surface area contributed by atoms with Gasteiger partial charge >= 0.3 is 5.69 Å². The molecule has 0 aliphatic heterocycles. The summed E-state index contributed by atoms with van der Waals surface area (Å²) in [5.41, 5.74) is 1.71. The molecule has 130 valence electrons. The van der Waals surface area contributed by atoms with E-state index in [4.69, 9.17) is 4.74 Å². The van der Waals surface area contributed by atoms with Gasteiger partial charge in [-0.05, 0) is 30.7 Å². The number of hydrogen-bond acceptors (Lipinski definition) is 5. The highest BCUT2D eigenvalue weighted by atomic mass is 16.6. The Morgan fingerprint density at radius 2 is 1.88 bits per heavy atom. The van der Waals surface area contributed by atoms with Gasteiger partial charge in [0.25, 0.3) is 5.91 Å². The molecule has 2 aromatic rings. The van der Waals surface area contributed by atoms with Gasteiger partial charge in [-0.2, -0.15) is 0 Å². The summed E-state index contributed by atoms with van der Waals surface area (Å²) in [7, 11) is 0. The maximum atomic E-state index is 12.0. The average molecular weight is 343 g/mol. The van der Waals surface area contributed by atoms with E-state index in [0.29, 0.717) is 11.4 Å². The number of nitro benzene ring substituents is 1. The van der Waals surface area contributed by atoms with Gasteiger partial charge in [-0.25, -0.2) is 0 Å². The molecule has 0 saturated carbocycles. The first kappa shape index (κ1) is 17.9. The monoisotopic (exact) mass is 343 g/mol. The summed E-state index contributed by atoms with van der Waals surface area (Å²) in [6, 6.07) is 10.9. The third kappa shape index (κ3) is 5.03. The fraction of sp³-hybridized carbons (Fsp3) is 0.176. The lowest BCUT2D eigenvalue weighted by atomic mass is 10.1. The summed E-state index contributed by atoms with van der Waals surface area (Å²) < 4.78 is 5.23. The summed E-state index contributed by atoms with van der Waals surface area (Å²) in [6.45, 7) is 2.84. The third-order valence-electron chi connectivity index (χ3n) is 3.25. The molecule has 0 aromatic heterocycles. The van der Waals surface area contributed by atoms with Gasteiger partial charge in [0.05, 0.1) is 4.92 Å². The largest absolute Gasteiger partial charge is 0.477 e. The number of aryl methyl sites for hydroxylation is 1. The molecule has 8 heteroatoms. The van der Waals surface area contributed by atoms with Crippen molar-refractivity contribution in [3.8, 4) is 5.75 Å². The molecule has 0 saturated heterocycles. The Kier molecular flexibility index (Phi) is 5.67. The number of para-hydroxylation sites is 2. The van der Waals surface area contributed by atoms with Crippen LogP contribution in [0.2, 0.25) is 0 Å². The van der Waals surface area contributed by atoms with Crippen LogP contribution in [0.1, 0.15) is 12.5 Å². The second-order valence-corrected chi connectivity index (χ2v) is 5.27. The molecular weight excluding hydrogens is 326 g/mol. The van der Waals surface area contributed by atoms with Gasteiger partial charge in [0.15, 0.2) is 12.4 Å². The molecule has 0 radical (unpaired) electrons. The van der Waals surface area contributed by atoms with E-state index in [1.807, 2.05) is 6.92 Å². The van der Waals surface area contributed by atoms with Crippen molar-refractivity contribution in [2.45, 2.75) is 13.8 Å². The van der Waals surface area contributed by atoms with Crippen molar-refractivity contribution in [3.05, 3.63) is 58.1 Å². The van der Waals surface area contributed by atoms with Crippen LogP contribution in [0.5, 0.6) is 5.75 Å². The highest BCUT2D eigenvalue weighted by molar-refractivity contribution is 5.94. The SMILES string of the molecule is CC(=O)Nc1cc(NC(=O)COc2ccccc2[N+](=O)[O-])ccc1C. The third-order valence-corrected chi connectivity index (χ3v) is 3.25. The zero-order chi connectivity index (χ0) is 18.4. The first-order valence-electron chi connectivity index (χ1n) is 7.41. The fourth-order valence-electron chi connectivity index (χ4n) is 2.09. The predicted molar refractivity (Wildman–Crippen MR) is 92.7 cm³/mol. The smallest absolute Gasteiger partial charge is 0.310 e. The highest BCUT2D eigenvalue weighted by Gasteiger charge is 2.15. The van der Waals surface area contributed by atoms with E-state index in [-0.39, 0.29) is 24.0 Å². The van der Waals surface area contributed by atoms with Crippen molar-refractivity contribution in [3.63, 3.8) is 0 Å². The zero-order valence-corrected chi connectivity index (χ0v) is 13.7. The summed E-state index contributed by atoms with van der Waals surface area (Å²) in [4.78, 5) is 33.5. The van der Waals surface area contributed by atoms with Gasteiger partial charge in [0, 0.05) is 24.4 Å². The number of carbonyl (C=O) groups excluding carboxylic acids is 2. The molecule has 0 spiro atoms. The van der Waals surface area contributed by atoms with Crippen LogP contribution in [0.4, 0.5) is 17.1 Å². The lowest BCUT2D eigenvalue weighted by molar-refractivity contribution is -0.385. The Balaban J connectivity index is 2.01. The number of nitro groups is 1. The zero-order valence-electron chi connectivity index (χ0n) is 13.7. The lowest BCUT2D eigenvalue weighted by Gasteiger charge is -2.11. The molecule has 0 unspecified atom stereocenters. The van der Waals surface area contributed by atoms with E-state index >= 15 is 0 Å². The fourth-order valence-corrected chi connectivity index (χ4v) is 2.09. The van der Waals surface area contributed by atoms with E-state index in [0.717, 1.165) is 5.56 Å². The van der Waals surface area contributed by atoms with Gasteiger partial charge in [-0.1, -0.05) is 18.2 Å². The minimum Gasteiger partial charge on any atom is -0.477 e. The number of nitrogens with zero attached hydrogens (tertiary/aromatic N) is 1. The molecule has 0 atom stereocenters. The van der Waals surface area contributed by atoms with E-state index in [2.05, 4.69) is 10.6 Å². The number of amides is 2. The molecule has 2 aromatic carbocycles. The van der Waals surface area contributed by atoms with Crippen molar-refractivity contribution < 1.29 is 19.2 Å². The molecule has 8 nitrogen and oxygen atoms in total. The molecule has 2 amide bonds. The molecule has 0 fully saturated rings. The van der Waals surface area contributed by atoms with Gasteiger partial charge < -0.3 is 15.4 Å². The molecule has 25 heavy (non-hydrogen) atoms. The summed E-state index contributed by atoms with van der Waals surface area (Å²) in [5.74, 6) is -0.674. The number of hydrogen-bond donors (Lipinski definition) is 2. The van der Waals surface area contributed by atoms with Crippen LogP contribution in [0.25, 0.3) is 0 Å². The Morgan fingerprint density at radius 3 is 2.56 bits per heavy atom. The standard InChI is InChI=1S/C17H17N3O5/c1-11-7-8-13(9-14(11)18-12(2)21)19-17(22)10-25-16-6-4-3-5-15(16)20(23)24/h3-9H,10H2,1-2H3,(H,18,21)(H,19,22). The van der Waals surface area contributed by atoms with Crippen molar-refractivity contribution in [2.24, 2.45) is 0 Å². The van der Waals surface area contributed by atoms with Gasteiger partial charge in [0.1, 0.15) is 0 Å². The van der Waals surface area contributed by atoms with Crippen LogP contribution in [-0.2, 0) is 9.59 Å². The second-order valence-electron chi connectivity index (χ2n) is 5.27. The summed E-state index contributed by atoms with van der Waals surface area (Å²) >= 11 is 0. The van der Waals surface area contributed by atoms with Gasteiger partial charge in [-0.15, -0.1) is 0 Å². The highest BCUT2D eigenvalue weighted by Crippen LogP contribution is 2.26. The van der Waals surface area contributed by atoms with Crippen LogP contribution >= 0.6 is 0 Å². The minimum absolute atomic E-state index is 0.0190. The van der Waals surface area contributed by atoms with Gasteiger partial charge in [0.2, 0.25) is 5.91 Å². The van der Waals surface area contributed by atoms with Crippen LogP contribution in [-0.4, -0.2) is 23.3 Å². The quantitative estimate of drug-likeness (QED) is 0.619. The Labute approximate surface area is 144 Å². The minimum atomic E-state index is -0.576. The molecule has 0 aliphatic carbocycles. The van der Waals surface area contributed by atoms with Crippen molar-refractivity contribution in [1.29, 1.82) is 0 Å². The number of anilines is 2. The summed E-state index contributed by atoms with van der Waals surface area (Å²) in [5, 5.41) is 16.2. The maximum Gasteiger partial charge on any atom is 0.310 e. The van der Waals surface area contributed by atoms with Crippen molar-refractivity contribution in [2.75, 3.05) is 17.2 Å². The van der Waals surface area contributed by atoms with E-state index in [1.165, 1.54) is 25.1 Å². The number of rotatable bonds is 6. The maximum absolute atomic E-state index is 12.0. The first-order valence-corrected chi connectivity index (χ1v) is 7.41. The molecule has 0 heterocycles. The molecular formula is C17H17N3O5. The van der Waals surface area contributed by atoms with Crippen molar-refractivity contribution in [1.82, 2.24) is 0 Å². The topological polar surface area (TPSA) is 111 Å². The Morgan fingerprint density at radius 1 is 1.16 bits per heavy atom. The Bertz CT molecular complexity index is 820. The van der Waals surface area contributed by atoms with Crippen LogP contribution in [0.3, 0.4) is 0 Å². The predicted octanol–water partition coefficient (Wildman–Crippen LogP) is 2.88. The second kappa shape index (κ2) is 7.91. The number of ether oxygens (including phenoxy) is 1. The van der Waals surface area contributed by atoms with Crippen LogP contribution in [0, 0.1) is 17.0 Å². The molecule has 0 aliphatic rings. The first-order chi connectivity index (χ1) is 11.9. The van der Waals surface area contributed by atoms with E-state index in [1.54, 1.807) is 24.3 Å². The number of benzene rings is 2. The molecule has 2 N–H and O–H groups in total. The number of carbonyl (C=O) groups is 2. The molecule has 2 rings (SSSR count). The van der Waals surface area contributed by atoms with Crippen LogP contribution < -0.4 is 15.4 Å². The lowest BCUT2D eigenvalue weighted by Crippen LogP contribution is -2.20. The normalized spacial score (nSPS) is 10.0. The van der Waals surface area contributed by atoms with E-state index in [9.17, 15) is 19.7 Å². The van der Waals surface area contributed by atoms with Crippen molar-refractivity contribution >= 4 is 28.9 Å². The van der Waals surface area contributed by atoms with Crippen LogP contribution in [0.15, 0.2) is 42.5 Å². The Hall–Kier alpha value is -3.42. The summed E-state index contributed by atoms with van der Waals surface area (Å²) in [6.07, 6.45) is 0. The average Bonchev–Trinajstić information content (AvgIpc) is 2.55. The van der Waals surface area contributed by atoms with E-state index < -0.39 is 10.8 Å².